The van der Waals surface area contributed by atoms with Crippen LogP contribution in [0.5, 0.6) is 0 Å². The smallest absolute Gasteiger partial charge is 0.216 e. The van der Waals surface area contributed by atoms with Gasteiger partial charge in [-0.05, 0) is 22.9 Å². The minimum absolute atomic E-state index is 0.125. The van der Waals surface area contributed by atoms with Gasteiger partial charge < -0.3 is 4.28 Å². The maximum absolute atomic E-state index is 9.00. The zero-order valence-corrected chi connectivity index (χ0v) is 11.3. The van der Waals surface area contributed by atoms with E-state index in [9.17, 15) is 0 Å². The number of benzene rings is 2. The Hall–Kier alpha value is -2.10. The highest BCUT2D eigenvalue weighted by Crippen LogP contribution is 2.27. The Morgan fingerprint density at radius 3 is 2.74 bits per heavy atom. The molecule has 0 saturated heterocycles. The summed E-state index contributed by atoms with van der Waals surface area (Å²) in [7, 11) is 0. The molecule has 0 aliphatic rings. The molecule has 19 heavy (non-hydrogen) atoms. The summed E-state index contributed by atoms with van der Waals surface area (Å²) < 4.78 is 5.36. The van der Waals surface area contributed by atoms with Gasteiger partial charge in [-0.25, -0.2) is 4.98 Å². The van der Waals surface area contributed by atoms with E-state index in [1.165, 1.54) is 11.3 Å². The van der Waals surface area contributed by atoms with Crippen LogP contribution in [0.1, 0.15) is 5.01 Å². The Kier molecular flexibility index (Phi) is 3.07. The lowest BCUT2D eigenvalue weighted by Crippen LogP contribution is -1.95. The average molecular weight is 285 g/mol. The van der Waals surface area contributed by atoms with E-state index in [0.29, 0.717) is 5.01 Å². The molecule has 0 aliphatic heterocycles. The van der Waals surface area contributed by atoms with Crippen LogP contribution < -0.4 is 0 Å². The van der Waals surface area contributed by atoms with Gasteiger partial charge in [0, 0.05) is 0 Å². The summed E-state index contributed by atoms with van der Waals surface area (Å²) >= 11 is 4.92. The monoisotopic (exact) mass is 285 g/mol. The van der Waals surface area contributed by atoms with E-state index in [0.717, 1.165) is 21.0 Å². The van der Waals surface area contributed by atoms with E-state index >= 15 is 0 Å². The quantitative estimate of drug-likeness (QED) is 0.339. The third-order valence-electron chi connectivity index (χ3n) is 2.70. The summed E-state index contributed by atoms with van der Waals surface area (Å²) in [6.45, 7) is 0. The minimum atomic E-state index is 0.125. The topological polar surface area (TPSA) is 58.3 Å². The Balaban J connectivity index is 2.23. The Morgan fingerprint density at radius 1 is 1.32 bits per heavy atom. The van der Waals surface area contributed by atoms with Crippen LogP contribution in [0, 0.1) is 11.3 Å². The first kappa shape index (κ1) is 12.0. The zero-order valence-electron chi connectivity index (χ0n) is 9.57. The van der Waals surface area contributed by atoms with Crippen LogP contribution in [0.3, 0.4) is 0 Å². The maximum atomic E-state index is 9.00. The number of nitrogens with zero attached hydrogens (tertiary/aromatic N) is 3. The largest absolute Gasteiger partial charge is 0.324 e. The predicted octanol–water partition coefficient (Wildman–Crippen LogP) is 3.54. The van der Waals surface area contributed by atoms with Gasteiger partial charge in [-0.3, -0.25) is 0 Å². The van der Waals surface area contributed by atoms with E-state index in [4.69, 9.17) is 5.26 Å². The lowest BCUT2D eigenvalue weighted by atomic mass is 10.1. The number of hydrogen-bond donors (Lipinski definition) is 1. The third-order valence-corrected chi connectivity index (χ3v) is 3.80. The second kappa shape index (κ2) is 4.88. The van der Waals surface area contributed by atoms with Crippen LogP contribution >= 0.6 is 24.2 Å². The molecule has 92 valence electrons. The molecule has 0 N–H and O–H groups in total. The van der Waals surface area contributed by atoms with Crippen molar-refractivity contribution in [3.8, 4) is 6.07 Å². The van der Waals surface area contributed by atoms with Crippen LogP contribution in [0.25, 0.3) is 21.0 Å². The van der Waals surface area contributed by atoms with Gasteiger partial charge in [-0.15, -0.1) is 11.3 Å². The summed E-state index contributed by atoms with van der Waals surface area (Å²) in [5, 5.41) is 15.3. The molecule has 0 spiro atoms. The zero-order chi connectivity index (χ0) is 13.2. The summed E-state index contributed by atoms with van der Waals surface area (Å²) in [6.07, 6.45) is 0. The van der Waals surface area contributed by atoms with E-state index in [1.54, 1.807) is 0 Å². The average Bonchev–Trinajstić information content (AvgIpc) is 2.84. The van der Waals surface area contributed by atoms with Gasteiger partial charge in [0.2, 0.25) is 5.71 Å². The van der Waals surface area contributed by atoms with E-state index in [1.807, 2.05) is 36.4 Å². The second-order valence-corrected chi connectivity index (χ2v) is 5.01. The molecule has 0 fully saturated rings. The second-order valence-electron chi connectivity index (χ2n) is 3.82. The number of nitriles is 1. The Labute approximate surface area is 118 Å². The molecule has 0 unspecified atom stereocenters. The number of fused-ring (bicyclic) bond motifs is 2. The van der Waals surface area contributed by atoms with Crippen molar-refractivity contribution in [3.05, 3.63) is 41.4 Å². The molecule has 0 aliphatic carbocycles. The standard InChI is InChI=1S/C13H7N3OS2/c14-7-11(16-17-18)13-15-10-5-8-3-1-2-4-9(8)6-12(10)19-13/h1-6,18H/b16-11+. The maximum Gasteiger partial charge on any atom is 0.216 e. The Bertz CT molecular complexity index is 780. The molecule has 2 aromatic carbocycles. The number of hydrogen-bond acceptors (Lipinski definition) is 6. The van der Waals surface area contributed by atoms with Crippen molar-refractivity contribution in [3.63, 3.8) is 0 Å². The molecule has 0 bridgehead atoms. The number of rotatable bonds is 2. The lowest BCUT2D eigenvalue weighted by molar-refractivity contribution is 0.415. The van der Waals surface area contributed by atoms with Crippen molar-refractivity contribution in [2.45, 2.75) is 0 Å². The van der Waals surface area contributed by atoms with E-state index < -0.39 is 0 Å². The fourth-order valence-corrected chi connectivity index (χ4v) is 2.87. The van der Waals surface area contributed by atoms with Crippen LogP contribution in [0.15, 0.2) is 41.6 Å². The van der Waals surface area contributed by atoms with Gasteiger partial charge >= 0.3 is 0 Å². The molecule has 0 saturated carbocycles. The minimum Gasteiger partial charge on any atom is -0.324 e. The lowest BCUT2D eigenvalue weighted by Gasteiger charge is -1.95. The van der Waals surface area contributed by atoms with Crippen molar-refractivity contribution >= 4 is 50.9 Å². The highest BCUT2D eigenvalue weighted by molar-refractivity contribution is 7.75. The number of thiol groups is 1. The number of oxime groups is 1. The van der Waals surface area contributed by atoms with Crippen LogP contribution in [0.2, 0.25) is 0 Å². The van der Waals surface area contributed by atoms with E-state index in [2.05, 4.69) is 33.4 Å². The van der Waals surface area contributed by atoms with Gasteiger partial charge in [0.1, 0.15) is 6.07 Å². The molecule has 1 aromatic heterocycles. The fourth-order valence-electron chi connectivity index (χ4n) is 1.86. The summed E-state index contributed by atoms with van der Waals surface area (Å²) in [4.78, 5) is 4.40. The first-order valence-corrected chi connectivity index (χ1v) is 6.58. The van der Waals surface area contributed by atoms with Crippen molar-refractivity contribution in [2.24, 2.45) is 5.16 Å². The molecule has 3 rings (SSSR count). The molecule has 1 heterocycles. The van der Waals surface area contributed by atoms with Gasteiger partial charge in [-0.1, -0.05) is 29.4 Å². The van der Waals surface area contributed by atoms with Crippen LogP contribution in [0.4, 0.5) is 0 Å². The number of thiazole rings is 1. The molecular weight excluding hydrogens is 278 g/mol. The molecule has 0 atom stereocenters. The Morgan fingerprint density at radius 2 is 2.05 bits per heavy atom. The summed E-state index contributed by atoms with van der Waals surface area (Å²) in [6, 6.07) is 14.1. The third kappa shape index (κ3) is 2.14. The first-order chi connectivity index (χ1) is 9.31. The van der Waals surface area contributed by atoms with Gasteiger partial charge in [0.15, 0.2) is 5.01 Å². The SMILES string of the molecule is N#C/C(=N\OS)c1nc2cc3ccccc3cc2s1. The molecular formula is C13H7N3OS2. The number of aromatic nitrogens is 1. The van der Waals surface area contributed by atoms with Gasteiger partial charge in [0.25, 0.3) is 0 Å². The van der Waals surface area contributed by atoms with Crippen LogP contribution in [-0.4, -0.2) is 10.7 Å². The highest BCUT2D eigenvalue weighted by Gasteiger charge is 2.11. The van der Waals surface area contributed by atoms with E-state index in [-0.39, 0.29) is 5.71 Å². The predicted molar refractivity (Wildman–Crippen MR) is 79.3 cm³/mol. The van der Waals surface area contributed by atoms with Crippen LogP contribution in [-0.2, 0) is 4.28 Å². The van der Waals surface area contributed by atoms with Crippen molar-refractivity contribution in [2.75, 3.05) is 0 Å². The molecule has 0 amide bonds. The highest BCUT2D eigenvalue weighted by atomic mass is 32.1. The van der Waals surface area contributed by atoms with Crippen molar-refractivity contribution in [1.82, 2.24) is 4.98 Å². The molecule has 6 heteroatoms. The fraction of sp³-hybridized carbons (Fsp3) is 0. The summed E-state index contributed by atoms with van der Waals surface area (Å²) in [5.41, 5.74) is 0.973. The molecule has 4 nitrogen and oxygen atoms in total. The van der Waals surface area contributed by atoms with Crippen molar-refractivity contribution in [1.29, 1.82) is 5.26 Å². The molecule has 3 aromatic rings. The van der Waals surface area contributed by atoms with Gasteiger partial charge in [-0.2, -0.15) is 5.26 Å². The van der Waals surface area contributed by atoms with Crippen molar-refractivity contribution < 1.29 is 4.28 Å². The van der Waals surface area contributed by atoms with Gasteiger partial charge in [0.05, 0.1) is 23.1 Å². The first-order valence-electron chi connectivity index (χ1n) is 5.40. The normalized spacial score (nSPS) is 11.7. The summed E-state index contributed by atoms with van der Waals surface area (Å²) in [5.74, 6) is 0. The molecule has 0 radical (unpaired) electrons.